The summed E-state index contributed by atoms with van der Waals surface area (Å²) < 4.78 is 8.45. The standard InChI is InChI=1S/C23H22N2.C22H12N4.C21H20N4.Ag.Au/c1-16-9-7-10-17(2)22(16)24-15-25(21-14-6-5-13-20(21)24)23-18(3)11-8-12-19(23)4;1-2-4-18-14(3-1)15-9-13(5-6-19(15)25-18)21-10-22-17(12-24-21)16-11-23-8-7-20(16)26-22;1-14-7-5-8-15(2)18(14)24-13-25(21-20(24)22-11-12-23-21)19-16(3)9-6-10-17(19)4;;/h5-14H,1-4H3;1-12H;5-12H,1-4H3;;/q;-2;;;. The molecular weight excluding hydrogens is 1240 g/mol. The summed E-state index contributed by atoms with van der Waals surface area (Å²) in [5, 5.41) is 4.42. The van der Waals surface area contributed by atoms with E-state index >= 15 is 0 Å². The van der Waals surface area contributed by atoms with Gasteiger partial charge in [0.05, 0.1) is 34.3 Å². The molecule has 0 aliphatic heterocycles. The number of para-hydroxylation sites is 7. The van der Waals surface area contributed by atoms with Crippen LogP contribution in [-0.2, 0) is 44.8 Å². The van der Waals surface area contributed by atoms with Gasteiger partial charge < -0.3 is 14.5 Å². The average Bonchev–Trinajstić information content (AvgIpc) is 4.42. The van der Waals surface area contributed by atoms with Gasteiger partial charge in [-0.15, -0.1) is 22.1 Å². The molecule has 7 aromatic heterocycles. The quantitative estimate of drug-likeness (QED) is 0.0967. The van der Waals surface area contributed by atoms with Crippen molar-refractivity contribution in [3.8, 4) is 34.0 Å². The molecule has 7 aromatic carbocycles. The zero-order chi connectivity index (χ0) is 52.2. The van der Waals surface area contributed by atoms with Crippen LogP contribution in [0.1, 0.15) is 44.5 Å². The summed E-state index contributed by atoms with van der Waals surface area (Å²) in [5.41, 5.74) is 24.3. The summed E-state index contributed by atoms with van der Waals surface area (Å²) >= 11 is 0. The van der Waals surface area contributed by atoms with E-state index < -0.39 is 0 Å². The van der Waals surface area contributed by atoms with Gasteiger partial charge in [-0.05, 0) is 134 Å². The van der Waals surface area contributed by atoms with Gasteiger partial charge in [-0.2, -0.15) is 4.98 Å². The molecule has 10 nitrogen and oxygen atoms in total. The summed E-state index contributed by atoms with van der Waals surface area (Å²) in [6.45, 7) is 17.1. The number of benzene rings is 7. The van der Waals surface area contributed by atoms with Crippen LogP contribution in [-0.4, -0.2) is 29.1 Å². The maximum atomic E-state index is 4.71. The minimum atomic E-state index is 0. The number of imidazole rings is 2. The van der Waals surface area contributed by atoms with E-state index in [4.69, 9.17) is 4.98 Å². The molecule has 0 N–H and O–H groups in total. The van der Waals surface area contributed by atoms with Crippen molar-refractivity contribution in [2.24, 2.45) is 0 Å². The van der Waals surface area contributed by atoms with E-state index in [0.29, 0.717) is 0 Å². The van der Waals surface area contributed by atoms with Gasteiger partial charge in [0.15, 0.2) is 12.0 Å². The van der Waals surface area contributed by atoms with Gasteiger partial charge in [0.25, 0.3) is 6.33 Å². The van der Waals surface area contributed by atoms with E-state index in [-0.39, 0.29) is 44.8 Å². The van der Waals surface area contributed by atoms with Crippen molar-refractivity contribution in [1.82, 2.24) is 39.0 Å². The molecule has 0 saturated heterocycles. The van der Waals surface area contributed by atoms with Gasteiger partial charge in [-0.3, -0.25) is 28.7 Å². The molecule has 0 amide bonds. The van der Waals surface area contributed by atoms with Crippen molar-refractivity contribution in [2.75, 3.05) is 0 Å². The molecule has 0 atom stereocenters. The van der Waals surface area contributed by atoms with Gasteiger partial charge in [0, 0.05) is 80.3 Å². The number of fused-ring (bicyclic) bond motifs is 8. The largest absolute Gasteiger partial charge is 0.657 e. The fraction of sp³-hybridized carbons (Fsp3) is 0.121. The number of hydrogen-bond acceptors (Lipinski definition) is 4. The third kappa shape index (κ3) is 9.62. The molecule has 0 aliphatic carbocycles. The third-order valence-electron chi connectivity index (χ3n) is 14.4. The zero-order valence-corrected chi connectivity index (χ0v) is 48.0. The Morgan fingerprint density at radius 2 is 0.949 bits per heavy atom. The first kappa shape index (κ1) is 53.3. The molecule has 78 heavy (non-hydrogen) atoms. The number of nitrogens with zero attached hydrogens (tertiary/aromatic N) is 10. The third-order valence-corrected chi connectivity index (χ3v) is 14.4. The van der Waals surface area contributed by atoms with Crippen LogP contribution in [0.25, 0.3) is 99.9 Å². The number of aromatic nitrogens is 10. The van der Waals surface area contributed by atoms with Crippen molar-refractivity contribution >= 4 is 65.9 Å². The topological polar surface area (TPSA) is 97.4 Å². The minimum Gasteiger partial charge on any atom is -0.657 e. The van der Waals surface area contributed by atoms with Gasteiger partial charge >= 0.3 is 0 Å². The fourth-order valence-corrected chi connectivity index (χ4v) is 10.8. The van der Waals surface area contributed by atoms with Crippen molar-refractivity contribution in [3.05, 3.63) is 240 Å². The Morgan fingerprint density at radius 3 is 1.63 bits per heavy atom. The Kier molecular flexibility index (Phi) is 15.1. The first-order chi connectivity index (χ1) is 37.0. The summed E-state index contributed by atoms with van der Waals surface area (Å²) in [4.78, 5) is 27.5. The number of aryl methyl sites for hydroxylation is 8. The Labute approximate surface area is 484 Å². The predicted molar refractivity (Wildman–Crippen MR) is 305 cm³/mol. The van der Waals surface area contributed by atoms with Crippen LogP contribution >= 0.6 is 0 Å². The zero-order valence-electron chi connectivity index (χ0n) is 44.4. The van der Waals surface area contributed by atoms with Gasteiger partial charge in [-0.25, -0.2) is 0 Å². The van der Waals surface area contributed by atoms with Crippen LogP contribution < -0.4 is 19.1 Å². The first-order valence-electron chi connectivity index (χ1n) is 25.5. The second-order valence-corrected chi connectivity index (χ2v) is 19.6. The fourth-order valence-electron chi connectivity index (χ4n) is 10.8. The molecule has 0 unspecified atom stereocenters. The molecule has 12 heteroatoms. The van der Waals surface area contributed by atoms with Gasteiger partial charge in [-0.1, -0.05) is 140 Å². The van der Waals surface area contributed by atoms with Crippen LogP contribution in [0, 0.1) is 68.0 Å². The second kappa shape index (κ2) is 22.1. The van der Waals surface area contributed by atoms with E-state index in [0.717, 1.165) is 72.2 Å². The normalized spacial score (nSPS) is 11.1. The van der Waals surface area contributed by atoms with Crippen LogP contribution in [0.2, 0.25) is 0 Å². The van der Waals surface area contributed by atoms with Crippen molar-refractivity contribution in [1.29, 1.82) is 0 Å². The molecule has 7 heterocycles. The summed E-state index contributed by atoms with van der Waals surface area (Å²) in [7, 11) is 0. The number of rotatable bonds is 5. The van der Waals surface area contributed by atoms with Gasteiger partial charge in [0.2, 0.25) is 5.65 Å². The average molecular weight is 1290 g/mol. The van der Waals surface area contributed by atoms with Crippen LogP contribution in [0.3, 0.4) is 0 Å². The van der Waals surface area contributed by atoms with Crippen molar-refractivity contribution in [2.45, 2.75) is 55.4 Å². The van der Waals surface area contributed by atoms with E-state index in [2.05, 4.69) is 229 Å². The SMILES string of the molecule is Cc1cccc(C)c1-n1[c-][n+](-c2c(C)cccc2C)c2ccccc21.Cc1cccc(C)c1-n1[c-][n+](-c2c(C)cccc2C)c2nccnc21.[Ag].[Au].c1ccc2c(c1)[n-]c1ccc(-c3cc4[n-]c5ccncc5c4cn3)cc12. The summed E-state index contributed by atoms with van der Waals surface area (Å²) in [6.07, 6.45) is 16.1. The molecule has 0 bridgehead atoms. The molecule has 2 radical (unpaired) electrons. The van der Waals surface area contributed by atoms with E-state index in [1.54, 1.807) is 18.6 Å². The molecule has 392 valence electrons. The number of pyridine rings is 2. The first-order valence-corrected chi connectivity index (χ1v) is 25.5. The van der Waals surface area contributed by atoms with Crippen LogP contribution in [0.15, 0.2) is 183 Å². The summed E-state index contributed by atoms with van der Waals surface area (Å²) in [6, 6.07) is 52.5. The molecule has 0 fully saturated rings. The molecule has 0 spiro atoms. The van der Waals surface area contributed by atoms with E-state index in [1.165, 1.54) is 72.3 Å². The Balaban J connectivity index is 0.000000131. The smallest absolute Gasteiger partial charge is 0.269 e. The molecule has 14 rings (SSSR count). The van der Waals surface area contributed by atoms with Gasteiger partial charge in [0.1, 0.15) is 6.20 Å². The number of hydrogen-bond donors (Lipinski definition) is 0. The Morgan fingerprint density at radius 1 is 0.423 bits per heavy atom. The van der Waals surface area contributed by atoms with E-state index in [1.807, 2.05) is 45.8 Å². The minimum absolute atomic E-state index is 0. The molecule has 14 aromatic rings. The molecular formula is C66H54AgAuN10-2. The van der Waals surface area contributed by atoms with Crippen molar-refractivity contribution in [3.63, 3.8) is 0 Å². The summed E-state index contributed by atoms with van der Waals surface area (Å²) in [5.74, 6) is 0. The molecule has 0 saturated carbocycles. The predicted octanol–water partition coefficient (Wildman–Crippen LogP) is 13.3. The Hall–Kier alpha value is -8.06. The van der Waals surface area contributed by atoms with Crippen LogP contribution in [0.5, 0.6) is 0 Å². The van der Waals surface area contributed by atoms with Crippen LogP contribution in [0.4, 0.5) is 0 Å². The monoisotopic (exact) mass is 1290 g/mol. The maximum Gasteiger partial charge on any atom is 0.269 e. The molecule has 0 aliphatic rings. The maximum absolute atomic E-state index is 4.71. The van der Waals surface area contributed by atoms with Crippen molar-refractivity contribution < 1.29 is 53.9 Å². The van der Waals surface area contributed by atoms with E-state index in [9.17, 15) is 0 Å². The second-order valence-electron chi connectivity index (χ2n) is 19.6. The Bertz CT molecular complexity index is 4110.